The quantitative estimate of drug-likeness (QED) is 0.300. The third-order valence-corrected chi connectivity index (χ3v) is 1.51. The van der Waals surface area contributed by atoms with Crippen molar-refractivity contribution in [2.45, 2.75) is 45.4 Å². The molecular weight excluding hydrogens is 234 g/mol. The molecular formula is C9H20ClN3O3. The van der Waals surface area contributed by atoms with Gasteiger partial charge in [-0.25, -0.2) is 4.79 Å². The fourth-order valence-electron chi connectivity index (χ4n) is 0.917. The Labute approximate surface area is 101 Å². The molecule has 16 heavy (non-hydrogen) atoms. The molecule has 0 aromatic heterocycles. The topological polar surface area (TPSA) is 110 Å². The van der Waals surface area contributed by atoms with Gasteiger partial charge in [0.15, 0.2) is 6.04 Å². The molecule has 0 heterocycles. The Morgan fingerprint density at radius 2 is 1.94 bits per heavy atom. The number of alkyl carbamates (subject to hydrolysis) is 1. The van der Waals surface area contributed by atoms with Gasteiger partial charge in [-0.3, -0.25) is 11.1 Å². The molecule has 0 rings (SSSR count). The number of nitrogens with two attached hydrogens (primary N) is 2. The number of ether oxygens (including phenoxy) is 1. The van der Waals surface area contributed by atoms with Crippen molar-refractivity contribution in [3.63, 3.8) is 0 Å². The molecule has 0 bridgehead atoms. The number of carbonyl (C=O) groups is 1. The lowest BCUT2D eigenvalue weighted by molar-refractivity contribution is -0.122. The van der Waals surface area contributed by atoms with Gasteiger partial charge in [-0.15, -0.1) is 0 Å². The maximum absolute atomic E-state index is 11.3. The minimum atomic E-state index is -0.873. The van der Waals surface area contributed by atoms with E-state index in [-0.39, 0.29) is 18.2 Å². The lowest BCUT2D eigenvalue weighted by Gasteiger charge is -2.22. The average molecular weight is 254 g/mol. The number of nitrogens with one attached hydrogen (secondary N) is 1. The highest BCUT2D eigenvalue weighted by Crippen LogP contribution is 2.07. The van der Waals surface area contributed by atoms with E-state index in [9.17, 15) is 9.90 Å². The molecule has 0 fully saturated rings. The number of carbonyl (C=O) groups excluding carboxylic acids is 1. The molecule has 0 aromatic carbocycles. The molecule has 1 amide bonds. The highest BCUT2D eigenvalue weighted by atomic mass is 35.5. The van der Waals surface area contributed by atoms with Crippen LogP contribution in [-0.4, -0.2) is 34.8 Å². The van der Waals surface area contributed by atoms with E-state index in [1.54, 1.807) is 20.8 Å². The summed E-state index contributed by atoms with van der Waals surface area (Å²) >= 11 is 0. The summed E-state index contributed by atoms with van der Waals surface area (Å²) in [4.78, 5) is 11.3. The van der Waals surface area contributed by atoms with Crippen LogP contribution in [0.25, 0.3) is 0 Å². The number of rotatable bonds is 3. The summed E-state index contributed by atoms with van der Waals surface area (Å²) in [5.41, 5.74) is 4.71. The van der Waals surface area contributed by atoms with Gasteiger partial charge in [-0.05, 0) is 27.7 Å². The predicted molar refractivity (Wildman–Crippen MR) is 56.0 cm³/mol. The van der Waals surface area contributed by atoms with Crippen LogP contribution in [0.15, 0.2) is 0 Å². The molecule has 0 radical (unpaired) electrons. The van der Waals surface area contributed by atoms with Crippen LogP contribution in [-0.2, 0) is 4.74 Å². The molecule has 0 aliphatic carbocycles. The minimum Gasteiger partial charge on any atom is -1.00 e. The van der Waals surface area contributed by atoms with Crippen LogP contribution in [0.1, 0.15) is 27.7 Å². The Balaban J connectivity index is 0. The van der Waals surface area contributed by atoms with Crippen LogP contribution in [0.3, 0.4) is 0 Å². The van der Waals surface area contributed by atoms with E-state index >= 15 is 0 Å². The molecule has 0 aliphatic heterocycles. The van der Waals surface area contributed by atoms with Crippen molar-refractivity contribution in [2.24, 2.45) is 5.73 Å². The third kappa shape index (κ3) is 7.30. The van der Waals surface area contributed by atoms with Crippen molar-refractivity contribution < 1.29 is 32.5 Å². The highest BCUT2D eigenvalue weighted by Gasteiger charge is 2.26. The second-order valence-electron chi connectivity index (χ2n) is 4.36. The molecule has 6 N–H and O–H groups in total. The van der Waals surface area contributed by atoms with Crippen LogP contribution in [0, 0.1) is 0 Å². The van der Waals surface area contributed by atoms with Gasteiger partial charge >= 0.3 is 6.09 Å². The largest absolute Gasteiger partial charge is 1.00 e. The Hall–Kier alpha value is -1.01. The van der Waals surface area contributed by atoms with E-state index in [0.717, 1.165) is 0 Å². The number of amidine groups is 1. The normalized spacial score (nSPS) is 14.3. The van der Waals surface area contributed by atoms with Crippen molar-refractivity contribution in [3.8, 4) is 0 Å². The number of hydrogen-bond acceptors (Lipinski definition) is 3. The van der Waals surface area contributed by atoms with Gasteiger partial charge in [0.1, 0.15) is 5.60 Å². The Kier molecular flexibility index (Phi) is 7.11. The Morgan fingerprint density at radius 3 is 2.19 bits per heavy atom. The van der Waals surface area contributed by atoms with Gasteiger partial charge in [0.25, 0.3) is 5.84 Å². The van der Waals surface area contributed by atoms with E-state index in [1.807, 2.05) is 0 Å². The predicted octanol–water partition coefficient (Wildman–Crippen LogP) is -4.62. The van der Waals surface area contributed by atoms with Gasteiger partial charge in [-0.2, -0.15) is 0 Å². The Bertz CT molecular complexity index is 251. The zero-order chi connectivity index (χ0) is 12.2. The SMILES string of the molecule is C[C@@H](O)[C@H](NC(=O)OC(C)(C)C)C(N)=[NH2+].[Cl-]. The number of hydrogen-bond donors (Lipinski definition) is 4. The summed E-state index contributed by atoms with van der Waals surface area (Å²) in [6.07, 6.45) is -1.54. The molecule has 0 aliphatic rings. The van der Waals surface area contributed by atoms with E-state index in [0.29, 0.717) is 0 Å². The smallest absolute Gasteiger partial charge is 0.408 e. The molecule has 0 unspecified atom stereocenters. The maximum Gasteiger partial charge on any atom is 0.408 e. The zero-order valence-electron chi connectivity index (χ0n) is 9.95. The van der Waals surface area contributed by atoms with Crippen molar-refractivity contribution in [1.82, 2.24) is 5.32 Å². The van der Waals surface area contributed by atoms with Crippen molar-refractivity contribution in [1.29, 1.82) is 0 Å². The monoisotopic (exact) mass is 253 g/mol. The summed E-state index contributed by atoms with van der Waals surface area (Å²) in [7, 11) is 0. The lowest BCUT2D eigenvalue weighted by atomic mass is 10.1. The molecule has 0 spiro atoms. The Morgan fingerprint density at radius 1 is 1.50 bits per heavy atom. The minimum absolute atomic E-state index is 0. The zero-order valence-corrected chi connectivity index (χ0v) is 10.7. The van der Waals surface area contributed by atoms with Crippen LogP contribution in [0.2, 0.25) is 0 Å². The summed E-state index contributed by atoms with van der Waals surface area (Å²) in [6, 6.07) is -0.806. The van der Waals surface area contributed by atoms with Crippen molar-refractivity contribution in [3.05, 3.63) is 0 Å². The molecule has 96 valence electrons. The van der Waals surface area contributed by atoms with Gasteiger partial charge in [0.2, 0.25) is 0 Å². The maximum atomic E-state index is 11.3. The first-order valence-electron chi connectivity index (χ1n) is 4.69. The first kappa shape index (κ1) is 17.4. The first-order chi connectivity index (χ1) is 6.63. The molecule has 7 heteroatoms. The van der Waals surface area contributed by atoms with Gasteiger partial charge < -0.3 is 27.6 Å². The standard InChI is InChI=1S/C9H19N3O3.ClH/c1-5(13)6(7(10)11)12-8(14)15-9(2,3)4;/h5-6,13H,1-4H3,(H3,10,11)(H,12,14);1H/t5-,6+;/m1./s1. The van der Waals surface area contributed by atoms with E-state index in [2.05, 4.69) is 5.32 Å². The van der Waals surface area contributed by atoms with Crippen LogP contribution in [0.5, 0.6) is 0 Å². The second-order valence-corrected chi connectivity index (χ2v) is 4.36. The van der Waals surface area contributed by atoms with E-state index in [1.165, 1.54) is 6.92 Å². The summed E-state index contributed by atoms with van der Waals surface area (Å²) in [6.45, 7) is 6.68. The average Bonchev–Trinajstić information content (AvgIpc) is 1.95. The van der Waals surface area contributed by atoms with Crippen LogP contribution < -0.4 is 28.9 Å². The molecule has 0 saturated heterocycles. The van der Waals surface area contributed by atoms with E-state index < -0.39 is 23.8 Å². The third-order valence-electron chi connectivity index (χ3n) is 1.51. The van der Waals surface area contributed by atoms with Crippen molar-refractivity contribution >= 4 is 11.9 Å². The first-order valence-corrected chi connectivity index (χ1v) is 4.69. The van der Waals surface area contributed by atoms with Gasteiger partial charge in [0.05, 0.1) is 6.10 Å². The number of amides is 1. The fraction of sp³-hybridized carbons (Fsp3) is 0.778. The molecule has 6 nitrogen and oxygen atoms in total. The van der Waals surface area contributed by atoms with Gasteiger partial charge in [0, 0.05) is 0 Å². The fourth-order valence-corrected chi connectivity index (χ4v) is 0.917. The summed E-state index contributed by atoms with van der Waals surface area (Å²) in [5, 5.41) is 17.0. The van der Waals surface area contributed by atoms with E-state index in [4.69, 9.17) is 15.9 Å². The number of halogens is 1. The summed E-state index contributed by atoms with van der Waals surface area (Å²) < 4.78 is 4.98. The summed E-state index contributed by atoms with van der Waals surface area (Å²) in [5.74, 6) is -0.0594. The number of aliphatic hydroxyl groups is 1. The van der Waals surface area contributed by atoms with Crippen LogP contribution >= 0.6 is 0 Å². The van der Waals surface area contributed by atoms with Crippen molar-refractivity contribution in [2.75, 3.05) is 0 Å². The molecule has 0 aromatic rings. The number of aliphatic hydroxyl groups excluding tert-OH is 1. The molecule has 2 atom stereocenters. The van der Waals surface area contributed by atoms with Gasteiger partial charge in [-0.1, -0.05) is 0 Å². The molecule has 0 saturated carbocycles. The second kappa shape index (κ2) is 6.55. The highest BCUT2D eigenvalue weighted by molar-refractivity contribution is 5.84. The lowest BCUT2D eigenvalue weighted by Crippen LogP contribution is -3.00. The van der Waals surface area contributed by atoms with Crippen LogP contribution in [0.4, 0.5) is 4.79 Å².